The van der Waals surface area contributed by atoms with Crippen molar-refractivity contribution in [3.8, 4) is 0 Å². The minimum absolute atomic E-state index is 0.0317. The summed E-state index contributed by atoms with van der Waals surface area (Å²) in [5, 5.41) is 15.4. The number of fused-ring (bicyclic) bond motifs is 3. The first-order chi connectivity index (χ1) is 11.5. The fourth-order valence-corrected chi connectivity index (χ4v) is 2.70. The van der Waals surface area contributed by atoms with E-state index in [1.165, 1.54) is 12.1 Å². The number of amides is 1. The zero-order valence-electron chi connectivity index (χ0n) is 13.5. The average molecular weight is 326 g/mol. The predicted octanol–water partition coefficient (Wildman–Crippen LogP) is 2.52. The smallest absolute Gasteiger partial charge is 0.270 e. The van der Waals surface area contributed by atoms with Crippen LogP contribution < -0.4 is 5.32 Å². The van der Waals surface area contributed by atoms with Crippen molar-refractivity contribution < 1.29 is 9.72 Å². The van der Waals surface area contributed by atoms with Crippen molar-refractivity contribution in [2.45, 2.75) is 0 Å². The Morgan fingerprint density at radius 1 is 1.25 bits per heavy atom. The number of hydrogen-bond donors (Lipinski definition) is 2. The first kappa shape index (κ1) is 15.9. The lowest BCUT2D eigenvalue weighted by Gasteiger charge is -2.10. The van der Waals surface area contributed by atoms with E-state index in [1.807, 2.05) is 25.1 Å². The average Bonchev–Trinajstić information content (AvgIpc) is 2.91. The van der Waals surface area contributed by atoms with Gasteiger partial charge in [0.05, 0.1) is 16.0 Å². The van der Waals surface area contributed by atoms with Crippen LogP contribution in [0.1, 0.15) is 10.4 Å². The number of nitro groups is 1. The second-order valence-electron chi connectivity index (χ2n) is 5.90. The van der Waals surface area contributed by atoms with Crippen LogP contribution in [0.15, 0.2) is 36.4 Å². The van der Waals surface area contributed by atoms with Crippen molar-refractivity contribution in [3.63, 3.8) is 0 Å². The number of nitro benzene ring substituents is 1. The van der Waals surface area contributed by atoms with Gasteiger partial charge >= 0.3 is 0 Å². The van der Waals surface area contributed by atoms with E-state index in [1.54, 1.807) is 18.2 Å². The molecule has 0 spiro atoms. The van der Waals surface area contributed by atoms with Gasteiger partial charge in [0.15, 0.2) is 0 Å². The first-order valence-corrected chi connectivity index (χ1v) is 7.59. The number of nitrogens with one attached hydrogen (secondary N) is 2. The van der Waals surface area contributed by atoms with Crippen molar-refractivity contribution in [2.24, 2.45) is 0 Å². The molecule has 7 heteroatoms. The Hall–Kier alpha value is -2.93. The summed E-state index contributed by atoms with van der Waals surface area (Å²) in [7, 11) is 3.88. The highest BCUT2D eigenvalue weighted by Gasteiger charge is 2.15. The molecule has 1 amide bonds. The molecule has 0 saturated carbocycles. The summed E-state index contributed by atoms with van der Waals surface area (Å²) in [5.74, 6) is -0.163. The number of H-pyrrole nitrogens is 1. The Labute approximate surface area is 138 Å². The number of aromatic amines is 1. The van der Waals surface area contributed by atoms with E-state index in [0.717, 1.165) is 22.8 Å². The SMILES string of the molecule is CN(C)CCNC(=O)c1cccc2c1[nH]c1ccc([N+](=O)[O-])cc12. The molecule has 124 valence electrons. The van der Waals surface area contributed by atoms with Crippen LogP contribution in [-0.2, 0) is 0 Å². The molecule has 0 bridgehead atoms. The van der Waals surface area contributed by atoms with Crippen LogP contribution in [0.2, 0.25) is 0 Å². The number of para-hydroxylation sites is 1. The standard InChI is InChI=1S/C17H18N4O3/c1-20(2)9-8-18-17(22)13-5-3-4-12-14-10-11(21(23)24)6-7-15(14)19-16(12)13/h3-7,10,19H,8-9H2,1-2H3,(H,18,22). The lowest BCUT2D eigenvalue weighted by atomic mass is 10.1. The third-order valence-corrected chi connectivity index (χ3v) is 3.92. The second kappa shape index (κ2) is 6.29. The Balaban J connectivity index is 2.02. The molecule has 2 N–H and O–H groups in total. The number of aromatic nitrogens is 1. The van der Waals surface area contributed by atoms with Gasteiger partial charge in [0.2, 0.25) is 0 Å². The molecule has 0 fully saturated rings. The first-order valence-electron chi connectivity index (χ1n) is 7.59. The van der Waals surface area contributed by atoms with Crippen LogP contribution in [0.3, 0.4) is 0 Å². The Morgan fingerprint density at radius 3 is 2.75 bits per heavy atom. The zero-order chi connectivity index (χ0) is 17.3. The van der Waals surface area contributed by atoms with Gasteiger partial charge in [-0.05, 0) is 26.2 Å². The molecule has 0 saturated heterocycles. The van der Waals surface area contributed by atoms with Gasteiger partial charge in [0, 0.05) is 41.5 Å². The Bertz CT molecular complexity index is 930. The second-order valence-corrected chi connectivity index (χ2v) is 5.90. The lowest BCUT2D eigenvalue weighted by Crippen LogP contribution is -2.31. The van der Waals surface area contributed by atoms with Gasteiger partial charge in [-0.3, -0.25) is 14.9 Å². The van der Waals surface area contributed by atoms with Crippen LogP contribution in [0.5, 0.6) is 0 Å². The highest BCUT2D eigenvalue weighted by Crippen LogP contribution is 2.30. The third kappa shape index (κ3) is 2.93. The van der Waals surface area contributed by atoms with Gasteiger partial charge in [0.1, 0.15) is 0 Å². The summed E-state index contributed by atoms with van der Waals surface area (Å²) in [5.41, 5.74) is 2.02. The van der Waals surface area contributed by atoms with Gasteiger partial charge < -0.3 is 15.2 Å². The molecule has 3 aromatic rings. The number of carbonyl (C=O) groups is 1. The number of benzene rings is 2. The summed E-state index contributed by atoms with van der Waals surface area (Å²) in [4.78, 5) is 28.2. The molecule has 1 aromatic heterocycles. The van der Waals surface area contributed by atoms with Gasteiger partial charge in [0.25, 0.3) is 11.6 Å². The van der Waals surface area contributed by atoms with E-state index >= 15 is 0 Å². The minimum atomic E-state index is -0.421. The Morgan fingerprint density at radius 2 is 2.04 bits per heavy atom. The normalized spacial score (nSPS) is 11.3. The highest BCUT2D eigenvalue weighted by atomic mass is 16.6. The summed E-state index contributed by atoms with van der Waals surface area (Å²) < 4.78 is 0. The van der Waals surface area contributed by atoms with E-state index < -0.39 is 4.92 Å². The summed E-state index contributed by atoms with van der Waals surface area (Å²) >= 11 is 0. The molecule has 0 unspecified atom stereocenters. The van der Waals surface area contributed by atoms with Crippen LogP contribution in [-0.4, -0.2) is 47.9 Å². The molecule has 3 rings (SSSR count). The van der Waals surface area contributed by atoms with Crippen molar-refractivity contribution in [3.05, 3.63) is 52.1 Å². The largest absolute Gasteiger partial charge is 0.354 e. The zero-order valence-corrected chi connectivity index (χ0v) is 13.5. The lowest BCUT2D eigenvalue weighted by molar-refractivity contribution is -0.384. The molecule has 0 radical (unpaired) electrons. The number of likely N-dealkylation sites (N-methyl/N-ethyl adjacent to an activating group) is 1. The number of nitrogens with zero attached hydrogens (tertiary/aromatic N) is 2. The van der Waals surface area contributed by atoms with Crippen molar-refractivity contribution in [2.75, 3.05) is 27.2 Å². The molecule has 0 aliphatic heterocycles. The van der Waals surface area contributed by atoms with Gasteiger partial charge in [-0.25, -0.2) is 0 Å². The number of carbonyl (C=O) groups excluding carboxylic acids is 1. The van der Waals surface area contributed by atoms with E-state index in [4.69, 9.17) is 0 Å². The molecule has 24 heavy (non-hydrogen) atoms. The molecule has 7 nitrogen and oxygen atoms in total. The molecular formula is C17H18N4O3. The summed E-state index contributed by atoms with van der Waals surface area (Å²) in [6, 6.07) is 10.0. The molecule has 0 aliphatic rings. The van der Waals surface area contributed by atoms with Crippen LogP contribution in [0, 0.1) is 10.1 Å². The van der Waals surface area contributed by atoms with Gasteiger partial charge in [-0.1, -0.05) is 12.1 Å². The minimum Gasteiger partial charge on any atom is -0.354 e. The topological polar surface area (TPSA) is 91.3 Å². The molecule has 0 atom stereocenters. The maximum Gasteiger partial charge on any atom is 0.270 e. The van der Waals surface area contributed by atoms with Crippen LogP contribution in [0.25, 0.3) is 21.8 Å². The van der Waals surface area contributed by atoms with Gasteiger partial charge in [-0.2, -0.15) is 0 Å². The molecule has 1 heterocycles. The maximum absolute atomic E-state index is 12.4. The van der Waals surface area contributed by atoms with E-state index in [0.29, 0.717) is 17.6 Å². The quantitative estimate of drug-likeness (QED) is 0.557. The monoisotopic (exact) mass is 326 g/mol. The fourth-order valence-electron chi connectivity index (χ4n) is 2.70. The van der Waals surface area contributed by atoms with Crippen molar-refractivity contribution in [1.29, 1.82) is 0 Å². The number of hydrogen-bond acceptors (Lipinski definition) is 4. The fraction of sp³-hybridized carbons (Fsp3) is 0.235. The van der Waals surface area contributed by atoms with Gasteiger partial charge in [-0.15, -0.1) is 0 Å². The van der Waals surface area contributed by atoms with Crippen molar-refractivity contribution >= 4 is 33.4 Å². The molecule has 2 aromatic carbocycles. The van der Waals surface area contributed by atoms with Crippen LogP contribution >= 0.6 is 0 Å². The molecule has 0 aliphatic carbocycles. The maximum atomic E-state index is 12.4. The summed E-state index contributed by atoms with van der Waals surface area (Å²) in [6.07, 6.45) is 0. The highest BCUT2D eigenvalue weighted by molar-refractivity contribution is 6.15. The summed E-state index contributed by atoms with van der Waals surface area (Å²) in [6.45, 7) is 1.30. The van der Waals surface area contributed by atoms with E-state index in [9.17, 15) is 14.9 Å². The number of non-ortho nitro benzene ring substituents is 1. The van der Waals surface area contributed by atoms with E-state index in [-0.39, 0.29) is 11.6 Å². The predicted molar refractivity (Wildman–Crippen MR) is 93.3 cm³/mol. The number of rotatable bonds is 5. The molecular weight excluding hydrogens is 308 g/mol. The Kier molecular flexibility index (Phi) is 4.18. The van der Waals surface area contributed by atoms with E-state index in [2.05, 4.69) is 10.3 Å². The van der Waals surface area contributed by atoms with Crippen LogP contribution in [0.4, 0.5) is 5.69 Å². The third-order valence-electron chi connectivity index (χ3n) is 3.92. The van der Waals surface area contributed by atoms with Crippen molar-refractivity contribution in [1.82, 2.24) is 15.2 Å².